The lowest BCUT2D eigenvalue weighted by atomic mass is 10.1. The van der Waals surface area contributed by atoms with Crippen LogP contribution in [0.4, 0.5) is 11.4 Å². The molecule has 0 saturated heterocycles. The van der Waals surface area contributed by atoms with Crippen molar-refractivity contribution in [3.05, 3.63) is 84.4 Å². The van der Waals surface area contributed by atoms with E-state index in [0.717, 1.165) is 5.56 Å². The van der Waals surface area contributed by atoms with Crippen LogP contribution in [-0.4, -0.2) is 24.0 Å². The highest BCUT2D eigenvalue weighted by atomic mass is 16.5. The predicted octanol–water partition coefficient (Wildman–Crippen LogP) is 5.59. The number of carbonyl (C=O) groups is 2. The summed E-state index contributed by atoms with van der Waals surface area (Å²) in [4.78, 5) is 25.9. The number of hydrogen-bond acceptors (Lipinski definition) is 4. The van der Waals surface area contributed by atoms with Gasteiger partial charge in [0, 0.05) is 0 Å². The van der Waals surface area contributed by atoms with Gasteiger partial charge in [-0.15, -0.1) is 0 Å². The molecule has 0 aliphatic rings. The first-order valence-electron chi connectivity index (χ1n) is 11.2. The second-order valence-electron chi connectivity index (χ2n) is 7.68. The minimum absolute atomic E-state index is 0.282. The van der Waals surface area contributed by atoms with E-state index in [9.17, 15) is 9.59 Å². The third kappa shape index (κ3) is 6.84. The molecule has 0 bridgehead atoms. The topological polar surface area (TPSA) is 76.7 Å². The highest BCUT2D eigenvalue weighted by molar-refractivity contribution is 6.02. The Hall–Kier alpha value is -3.80. The molecule has 172 valence electrons. The van der Waals surface area contributed by atoms with Crippen molar-refractivity contribution in [2.75, 3.05) is 10.6 Å². The third-order valence-electron chi connectivity index (χ3n) is 5.06. The van der Waals surface area contributed by atoms with E-state index in [1.54, 1.807) is 6.07 Å². The van der Waals surface area contributed by atoms with Gasteiger partial charge < -0.3 is 20.1 Å². The summed E-state index contributed by atoms with van der Waals surface area (Å²) in [6.07, 6.45) is -0.336. The van der Waals surface area contributed by atoms with Crippen LogP contribution in [0.1, 0.15) is 32.3 Å². The first-order chi connectivity index (χ1) is 16.0. The van der Waals surface area contributed by atoms with Gasteiger partial charge in [0.25, 0.3) is 11.8 Å². The lowest BCUT2D eigenvalue weighted by molar-refractivity contribution is -0.123. The van der Waals surface area contributed by atoms with Crippen molar-refractivity contribution in [3.63, 3.8) is 0 Å². The molecule has 6 heteroatoms. The molecule has 0 heterocycles. The standard InChI is InChI=1S/C27H30N2O4/c1-4-24(32-20-12-8-6-9-13-20)26(30)28-22-17-16-19(3)18-23(22)29-27(31)25(5-2)33-21-14-10-7-11-15-21/h6-18,24-25H,4-5H2,1-3H3,(H,28,30)(H,29,31)/t24-,25+/m0/s1. The zero-order valence-electron chi connectivity index (χ0n) is 19.2. The number of rotatable bonds is 10. The van der Waals surface area contributed by atoms with E-state index in [1.807, 2.05) is 93.6 Å². The quantitative estimate of drug-likeness (QED) is 0.426. The number of ether oxygens (including phenoxy) is 2. The molecule has 0 spiro atoms. The number of hydrogen-bond donors (Lipinski definition) is 2. The van der Waals surface area contributed by atoms with E-state index in [2.05, 4.69) is 10.6 Å². The third-order valence-corrected chi connectivity index (χ3v) is 5.06. The number of para-hydroxylation sites is 2. The fraction of sp³-hybridized carbons (Fsp3) is 0.259. The molecular formula is C27H30N2O4. The number of anilines is 2. The molecule has 0 aromatic heterocycles. The maximum atomic E-state index is 13.0. The summed E-state index contributed by atoms with van der Waals surface area (Å²) < 4.78 is 11.7. The fourth-order valence-corrected chi connectivity index (χ4v) is 3.27. The molecule has 3 rings (SSSR count). The normalized spacial score (nSPS) is 12.3. The van der Waals surface area contributed by atoms with Gasteiger partial charge in [0.15, 0.2) is 12.2 Å². The summed E-state index contributed by atoms with van der Waals surface area (Å²) in [6, 6.07) is 23.9. The van der Waals surface area contributed by atoms with Gasteiger partial charge >= 0.3 is 0 Å². The highest BCUT2D eigenvalue weighted by Crippen LogP contribution is 2.25. The van der Waals surface area contributed by atoms with Crippen LogP contribution >= 0.6 is 0 Å². The molecule has 33 heavy (non-hydrogen) atoms. The molecule has 0 aliphatic heterocycles. The molecular weight excluding hydrogens is 416 g/mol. The SMILES string of the molecule is CC[C@H](Oc1ccccc1)C(=O)Nc1ccc(C)cc1NC(=O)[C@@H](CC)Oc1ccccc1. The highest BCUT2D eigenvalue weighted by Gasteiger charge is 2.22. The molecule has 2 N–H and O–H groups in total. The minimum Gasteiger partial charge on any atom is -0.481 e. The molecule has 0 saturated carbocycles. The van der Waals surface area contributed by atoms with Gasteiger partial charge in [-0.25, -0.2) is 0 Å². The molecule has 0 fully saturated rings. The van der Waals surface area contributed by atoms with Gasteiger partial charge in [0.05, 0.1) is 11.4 Å². The van der Waals surface area contributed by atoms with Crippen molar-refractivity contribution in [3.8, 4) is 11.5 Å². The van der Waals surface area contributed by atoms with Crippen LogP contribution in [0.2, 0.25) is 0 Å². The molecule has 3 aromatic rings. The van der Waals surface area contributed by atoms with E-state index >= 15 is 0 Å². The van der Waals surface area contributed by atoms with Crippen LogP contribution in [0.25, 0.3) is 0 Å². The zero-order valence-corrected chi connectivity index (χ0v) is 19.2. The van der Waals surface area contributed by atoms with Gasteiger partial charge in [0.1, 0.15) is 11.5 Å². The van der Waals surface area contributed by atoms with E-state index in [1.165, 1.54) is 0 Å². The number of carbonyl (C=O) groups excluding carboxylic acids is 2. The fourth-order valence-electron chi connectivity index (χ4n) is 3.27. The Bertz CT molecular complexity index is 1050. The Balaban J connectivity index is 1.72. The smallest absolute Gasteiger partial charge is 0.265 e. The van der Waals surface area contributed by atoms with Crippen LogP contribution in [0, 0.1) is 6.92 Å². The first-order valence-corrected chi connectivity index (χ1v) is 11.2. The Morgan fingerprint density at radius 2 is 1.15 bits per heavy atom. The lowest BCUT2D eigenvalue weighted by Crippen LogP contribution is -2.34. The van der Waals surface area contributed by atoms with Crippen LogP contribution in [0.5, 0.6) is 11.5 Å². The second kappa shape index (κ2) is 11.7. The maximum absolute atomic E-state index is 13.0. The second-order valence-corrected chi connectivity index (χ2v) is 7.68. The molecule has 6 nitrogen and oxygen atoms in total. The molecule has 0 unspecified atom stereocenters. The van der Waals surface area contributed by atoms with Gasteiger partial charge in [0.2, 0.25) is 0 Å². The first kappa shape index (κ1) is 23.9. The average molecular weight is 447 g/mol. The molecule has 3 aromatic carbocycles. The largest absolute Gasteiger partial charge is 0.481 e. The molecule has 2 amide bonds. The number of amides is 2. The zero-order chi connectivity index (χ0) is 23.6. The van der Waals surface area contributed by atoms with E-state index in [4.69, 9.17) is 9.47 Å². The van der Waals surface area contributed by atoms with E-state index in [-0.39, 0.29) is 11.8 Å². The summed E-state index contributed by atoms with van der Waals surface area (Å²) in [5.41, 5.74) is 1.97. The summed E-state index contributed by atoms with van der Waals surface area (Å²) >= 11 is 0. The van der Waals surface area contributed by atoms with E-state index in [0.29, 0.717) is 35.7 Å². The number of aryl methyl sites for hydroxylation is 1. The minimum atomic E-state index is -0.665. The molecule has 0 aliphatic carbocycles. The van der Waals surface area contributed by atoms with Crippen LogP contribution in [0.15, 0.2) is 78.9 Å². The number of nitrogens with one attached hydrogen (secondary N) is 2. The Kier molecular flexibility index (Phi) is 8.47. The molecule has 2 atom stereocenters. The van der Waals surface area contributed by atoms with Gasteiger partial charge in [-0.05, 0) is 61.7 Å². The summed E-state index contributed by atoms with van der Waals surface area (Å²) in [5, 5.41) is 5.82. The monoisotopic (exact) mass is 446 g/mol. The predicted molar refractivity (Wildman–Crippen MR) is 131 cm³/mol. The summed E-state index contributed by atoms with van der Waals surface area (Å²) in [6.45, 7) is 5.70. The lowest BCUT2D eigenvalue weighted by Gasteiger charge is -2.21. The van der Waals surface area contributed by atoms with E-state index < -0.39 is 12.2 Å². The van der Waals surface area contributed by atoms with Crippen molar-refractivity contribution in [2.45, 2.75) is 45.8 Å². The number of benzene rings is 3. The van der Waals surface area contributed by atoms with Crippen LogP contribution in [-0.2, 0) is 9.59 Å². The van der Waals surface area contributed by atoms with Crippen molar-refractivity contribution in [1.29, 1.82) is 0 Å². The summed E-state index contributed by atoms with van der Waals surface area (Å²) in [5.74, 6) is 0.685. The average Bonchev–Trinajstić information content (AvgIpc) is 2.83. The summed E-state index contributed by atoms with van der Waals surface area (Å²) in [7, 11) is 0. The van der Waals surface area contributed by atoms with Crippen molar-refractivity contribution in [2.24, 2.45) is 0 Å². The Labute approximate surface area is 194 Å². The molecule has 0 radical (unpaired) electrons. The Morgan fingerprint density at radius 1 is 0.697 bits per heavy atom. The van der Waals surface area contributed by atoms with Crippen molar-refractivity contribution in [1.82, 2.24) is 0 Å². The van der Waals surface area contributed by atoms with Crippen molar-refractivity contribution < 1.29 is 19.1 Å². The van der Waals surface area contributed by atoms with Crippen molar-refractivity contribution >= 4 is 23.2 Å². The maximum Gasteiger partial charge on any atom is 0.265 e. The van der Waals surface area contributed by atoms with Crippen LogP contribution < -0.4 is 20.1 Å². The van der Waals surface area contributed by atoms with Gasteiger partial charge in [-0.3, -0.25) is 9.59 Å². The van der Waals surface area contributed by atoms with Gasteiger partial charge in [-0.2, -0.15) is 0 Å². The Morgan fingerprint density at radius 3 is 1.61 bits per heavy atom. The van der Waals surface area contributed by atoms with Gasteiger partial charge in [-0.1, -0.05) is 56.3 Å². The van der Waals surface area contributed by atoms with Crippen LogP contribution in [0.3, 0.4) is 0 Å².